The predicted molar refractivity (Wildman–Crippen MR) is 106 cm³/mol. The Morgan fingerprint density at radius 3 is 2.63 bits per heavy atom. The third-order valence-corrected chi connectivity index (χ3v) is 5.41. The standard InChI is InChI=1S/C21H17N3O2S/c1-24(26-2)21(25)14-10-11-19-17(13-14)23-20(16-8-5-6-12-22-16)15-7-3-4-9-18(15)27-19/h3-13H,1-2H3. The lowest BCUT2D eigenvalue weighted by molar-refractivity contribution is -0.0756. The van der Waals surface area contributed by atoms with Gasteiger partial charge in [-0.3, -0.25) is 14.6 Å². The first-order valence-corrected chi connectivity index (χ1v) is 9.22. The second-order valence-electron chi connectivity index (χ2n) is 5.94. The van der Waals surface area contributed by atoms with Crippen LogP contribution in [0.2, 0.25) is 0 Å². The van der Waals surface area contributed by atoms with Crippen LogP contribution in [0.3, 0.4) is 0 Å². The minimum atomic E-state index is -0.221. The van der Waals surface area contributed by atoms with Crippen molar-refractivity contribution in [3.63, 3.8) is 0 Å². The zero-order valence-corrected chi connectivity index (χ0v) is 15.7. The minimum absolute atomic E-state index is 0.221. The summed E-state index contributed by atoms with van der Waals surface area (Å²) in [6.07, 6.45) is 1.76. The summed E-state index contributed by atoms with van der Waals surface area (Å²) in [4.78, 5) is 28.9. The van der Waals surface area contributed by atoms with Crippen molar-refractivity contribution in [2.75, 3.05) is 14.2 Å². The van der Waals surface area contributed by atoms with E-state index >= 15 is 0 Å². The van der Waals surface area contributed by atoms with Crippen LogP contribution in [0.4, 0.5) is 5.69 Å². The monoisotopic (exact) mass is 375 g/mol. The van der Waals surface area contributed by atoms with Crippen LogP contribution in [0, 0.1) is 0 Å². The number of hydrogen-bond donors (Lipinski definition) is 0. The number of fused-ring (bicyclic) bond motifs is 2. The van der Waals surface area contributed by atoms with Gasteiger partial charge in [-0.1, -0.05) is 36.0 Å². The van der Waals surface area contributed by atoms with Gasteiger partial charge in [0, 0.05) is 34.2 Å². The molecule has 27 heavy (non-hydrogen) atoms. The molecular formula is C21H17N3O2S. The number of aliphatic imine (C=N–C) groups is 1. The summed E-state index contributed by atoms with van der Waals surface area (Å²) in [5, 5.41) is 1.20. The molecule has 0 fully saturated rings. The normalized spacial score (nSPS) is 12.4. The highest BCUT2D eigenvalue weighted by atomic mass is 32.2. The van der Waals surface area contributed by atoms with E-state index in [1.54, 1.807) is 37.1 Å². The van der Waals surface area contributed by atoms with Gasteiger partial charge in [-0.05, 0) is 36.4 Å². The van der Waals surface area contributed by atoms with Gasteiger partial charge >= 0.3 is 0 Å². The number of benzene rings is 2. The smallest absolute Gasteiger partial charge is 0.274 e. The Balaban J connectivity index is 1.89. The van der Waals surface area contributed by atoms with Crippen LogP contribution >= 0.6 is 11.8 Å². The Morgan fingerprint density at radius 2 is 1.85 bits per heavy atom. The Hall–Kier alpha value is -2.96. The molecule has 5 nitrogen and oxygen atoms in total. The van der Waals surface area contributed by atoms with Gasteiger partial charge in [0.05, 0.1) is 24.2 Å². The highest BCUT2D eigenvalue weighted by molar-refractivity contribution is 7.99. The molecular weight excluding hydrogens is 358 g/mol. The van der Waals surface area contributed by atoms with Crippen molar-refractivity contribution in [2.45, 2.75) is 9.79 Å². The van der Waals surface area contributed by atoms with Crippen LogP contribution in [0.5, 0.6) is 0 Å². The summed E-state index contributed by atoms with van der Waals surface area (Å²) < 4.78 is 0. The minimum Gasteiger partial charge on any atom is -0.274 e. The van der Waals surface area contributed by atoms with E-state index in [0.717, 1.165) is 32.4 Å². The van der Waals surface area contributed by atoms with E-state index in [9.17, 15) is 4.79 Å². The molecule has 0 spiro atoms. The molecule has 1 amide bonds. The second kappa shape index (κ2) is 7.34. The fourth-order valence-electron chi connectivity index (χ4n) is 2.84. The largest absolute Gasteiger partial charge is 0.277 e. The SMILES string of the molecule is CON(C)C(=O)c1ccc2c(c1)N=C(c1ccccn1)c1ccccc1S2. The maximum absolute atomic E-state index is 12.5. The van der Waals surface area contributed by atoms with Crippen molar-refractivity contribution in [1.82, 2.24) is 10.0 Å². The molecule has 0 radical (unpaired) electrons. The number of rotatable bonds is 3. The molecule has 0 N–H and O–H groups in total. The number of pyridine rings is 1. The highest BCUT2D eigenvalue weighted by Gasteiger charge is 2.21. The number of nitrogens with zero attached hydrogens (tertiary/aromatic N) is 3. The van der Waals surface area contributed by atoms with Crippen molar-refractivity contribution in [2.24, 2.45) is 4.99 Å². The third-order valence-electron chi connectivity index (χ3n) is 4.27. The molecule has 0 saturated carbocycles. The summed E-state index contributed by atoms with van der Waals surface area (Å²) in [5.74, 6) is -0.221. The molecule has 4 rings (SSSR count). The summed E-state index contributed by atoms with van der Waals surface area (Å²) in [6, 6.07) is 19.4. The van der Waals surface area contributed by atoms with E-state index in [2.05, 4.69) is 11.1 Å². The van der Waals surface area contributed by atoms with Gasteiger partial charge < -0.3 is 0 Å². The lowest BCUT2D eigenvalue weighted by atomic mass is 10.1. The lowest BCUT2D eigenvalue weighted by Gasteiger charge is -2.14. The molecule has 1 aromatic heterocycles. The van der Waals surface area contributed by atoms with Crippen LogP contribution in [0.25, 0.3) is 0 Å². The predicted octanol–water partition coefficient (Wildman–Crippen LogP) is 4.35. The van der Waals surface area contributed by atoms with Crippen LogP contribution < -0.4 is 0 Å². The molecule has 1 aliphatic heterocycles. The van der Waals surface area contributed by atoms with Gasteiger partial charge in [-0.2, -0.15) is 0 Å². The van der Waals surface area contributed by atoms with E-state index in [4.69, 9.17) is 9.83 Å². The van der Waals surface area contributed by atoms with Crippen molar-refractivity contribution < 1.29 is 9.63 Å². The maximum atomic E-state index is 12.5. The molecule has 2 aromatic carbocycles. The molecule has 134 valence electrons. The fraction of sp³-hybridized carbons (Fsp3) is 0.0952. The third kappa shape index (κ3) is 3.37. The Labute approximate surface area is 161 Å². The van der Waals surface area contributed by atoms with Crippen molar-refractivity contribution >= 4 is 29.1 Å². The van der Waals surface area contributed by atoms with Gasteiger partial charge in [0.2, 0.25) is 0 Å². The van der Waals surface area contributed by atoms with Gasteiger partial charge in [0.15, 0.2) is 0 Å². The van der Waals surface area contributed by atoms with Gasteiger partial charge in [0.1, 0.15) is 0 Å². The molecule has 6 heteroatoms. The molecule has 2 heterocycles. The van der Waals surface area contributed by atoms with E-state index in [1.165, 1.54) is 12.2 Å². The summed E-state index contributed by atoms with van der Waals surface area (Å²) in [7, 11) is 3.05. The van der Waals surface area contributed by atoms with E-state index in [1.807, 2.05) is 42.5 Å². The second-order valence-corrected chi connectivity index (χ2v) is 7.03. The molecule has 3 aromatic rings. The van der Waals surface area contributed by atoms with Crippen molar-refractivity contribution in [3.8, 4) is 0 Å². The van der Waals surface area contributed by atoms with Crippen LogP contribution in [-0.4, -0.2) is 35.8 Å². The number of hydrogen-bond acceptors (Lipinski definition) is 5. The van der Waals surface area contributed by atoms with E-state index in [0.29, 0.717) is 5.56 Å². The summed E-state index contributed by atoms with van der Waals surface area (Å²) >= 11 is 1.64. The fourth-order valence-corrected chi connectivity index (χ4v) is 3.84. The quantitative estimate of drug-likeness (QED) is 0.500. The topological polar surface area (TPSA) is 54.8 Å². The Bertz CT molecular complexity index is 1030. The first-order chi connectivity index (χ1) is 13.2. The van der Waals surface area contributed by atoms with Gasteiger partial charge in [-0.15, -0.1) is 0 Å². The zero-order valence-electron chi connectivity index (χ0n) is 14.9. The number of carbonyl (C=O) groups is 1. The first kappa shape index (κ1) is 17.5. The molecule has 0 atom stereocenters. The van der Waals surface area contributed by atoms with E-state index in [-0.39, 0.29) is 5.91 Å². The first-order valence-electron chi connectivity index (χ1n) is 8.41. The number of aromatic nitrogens is 1. The van der Waals surface area contributed by atoms with Crippen molar-refractivity contribution in [1.29, 1.82) is 0 Å². The van der Waals surface area contributed by atoms with Crippen LogP contribution in [0.15, 0.2) is 81.6 Å². The lowest BCUT2D eigenvalue weighted by Crippen LogP contribution is -2.25. The number of amides is 1. The molecule has 0 bridgehead atoms. The van der Waals surface area contributed by atoms with Crippen LogP contribution in [-0.2, 0) is 4.84 Å². The molecule has 0 unspecified atom stereocenters. The highest BCUT2D eigenvalue weighted by Crippen LogP contribution is 2.41. The van der Waals surface area contributed by atoms with E-state index < -0.39 is 0 Å². The van der Waals surface area contributed by atoms with Crippen LogP contribution in [0.1, 0.15) is 21.6 Å². The number of hydroxylamine groups is 2. The zero-order chi connectivity index (χ0) is 18.8. The van der Waals surface area contributed by atoms with Gasteiger partial charge in [0.25, 0.3) is 5.91 Å². The summed E-state index contributed by atoms with van der Waals surface area (Å²) in [6.45, 7) is 0. The van der Waals surface area contributed by atoms with Crippen molar-refractivity contribution in [3.05, 3.63) is 83.7 Å². The molecule has 1 aliphatic rings. The molecule has 0 aliphatic carbocycles. The maximum Gasteiger partial charge on any atom is 0.277 e. The number of carbonyl (C=O) groups excluding carboxylic acids is 1. The Kier molecular flexibility index (Phi) is 4.75. The average Bonchev–Trinajstić information content (AvgIpc) is 2.89. The summed E-state index contributed by atoms with van der Waals surface area (Å²) in [5.41, 5.74) is 3.88. The van der Waals surface area contributed by atoms with Gasteiger partial charge in [-0.25, -0.2) is 10.1 Å². The Morgan fingerprint density at radius 1 is 1.04 bits per heavy atom. The average molecular weight is 375 g/mol. The molecule has 0 saturated heterocycles.